The topological polar surface area (TPSA) is 75.6 Å². The van der Waals surface area contributed by atoms with Gasteiger partial charge in [0, 0.05) is 12.1 Å². The zero-order chi connectivity index (χ0) is 18.6. The summed E-state index contributed by atoms with van der Waals surface area (Å²) in [5, 5.41) is 12.6. The van der Waals surface area contributed by atoms with E-state index in [-0.39, 0.29) is 10.7 Å². The minimum absolute atomic E-state index is 0.00985. The Morgan fingerprint density at radius 3 is 2.68 bits per heavy atom. The third-order valence-electron chi connectivity index (χ3n) is 3.41. The molecule has 0 aliphatic rings. The first kappa shape index (κ1) is 19.2. The Morgan fingerprint density at radius 2 is 2.08 bits per heavy atom. The van der Waals surface area contributed by atoms with Gasteiger partial charge in [-0.2, -0.15) is 23.4 Å². The molecule has 2 heterocycles. The second-order valence-electron chi connectivity index (χ2n) is 5.51. The molecule has 2 rings (SSSR count). The van der Waals surface area contributed by atoms with Crippen molar-refractivity contribution in [3.05, 3.63) is 34.6 Å². The molecular weight excluding hydrogens is 353 g/mol. The standard InChI is InChI=1S/C16H17F3N4OS/c1-4-5-6-13-22-14(24-23-13)10(3)25-15-11(8-20)12(16(17,18)19)7-9(2)21-15/h7,10H,4-6H2,1-3H3. The summed E-state index contributed by atoms with van der Waals surface area (Å²) in [6.07, 6.45) is -2.02. The number of nitriles is 1. The number of aryl methyl sites for hydroxylation is 2. The van der Waals surface area contributed by atoms with Crippen LogP contribution in [0, 0.1) is 18.3 Å². The zero-order valence-corrected chi connectivity index (χ0v) is 14.8. The van der Waals surface area contributed by atoms with Crippen molar-refractivity contribution >= 4 is 11.8 Å². The molecule has 9 heteroatoms. The van der Waals surface area contributed by atoms with E-state index >= 15 is 0 Å². The van der Waals surface area contributed by atoms with Gasteiger partial charge in [-0.25, -0.2) is 4.98 Å². The van der Waals surface area contributed by atoms with Crippen molar-refractivity contribution < 1.29 is 17.7 Å². The molecule has 0 radical (unpaired) electrons. The molecule has 2 aromatic rings. The number of pyridine rings is 1. The molecule has 1 unspecified atom stereocenters. The molecule has 0 bridgehead atoms. The molecule has 0 saturated carbocycles. The molecule has 0 fully saturated rings. The Balaban J connectivity index is 2.29. The van der Waals surface area contributed by atoms with Crippen molar-refractivity contribution in [1.29, 1.82) is 5.26 Å². The van der Waals surface area contributed by atoms with E-state index in [1.807, 2.05) is 6.92 Å². The Hall–Kier alpha value is -2.08. The molecule has 0 aromatic carbocycles. The lowest BCUT2D eigenvalue weighted by Crippen LogP contribution is -2.11. The van der Waals surface area contributed by atoms with Crippen molar-refractivity contribution in [3.8, 4) is 6.07 Å². The van der Waals surface area contributed by atoms with E-state index in [2.05, 4.69) is 15.1 Å². The number of rotatable bonds is 6. The van der Waals surface area contributed by atoms with Crippen LogP contribution >= 0.6 is 11.8 Å². The van der Waals surface area contributed by atoms with Gasteiger partial charge in [0.05, 0.1) is 16.4 Å². The van der Waals surface area contributed by atoms with E-state index in [0.717, 1.165) is 30.7 Å². The van der Waals surface area contributed by atoms with Gasteiger partial charge in [0.1, 0.15) is 11.1 Å². The lowest BCUT2D eigenvalue weighted by Gasteiger charge is -2.14. The summed E-state index contributed by atoms with van der Waals surface area (Å²) in [4.78, 5) is 8.35. The predicted molar refractivity (Wildman–Crippen MR) is 85.9 cm³/mol. The highest BCUT2D eigenvalue weighted by atomic mass is 32.2. The number of aromatic nitrogens is 3. The molecule has 0 amide bonds. The fraction of sp³-hybridized carbons (Fsp3) is 0.500. The summed E-state index contributed by atoms with van der Waals surface area (Å²) in [6.45, 7) is 5.23. The van der Waals surface area contributed by atoms with Crippen LogP contribution in [0.2, 0.25) is 0 Å². The highest BCUT2D eigenvalue weighted by Gasteiger charge is 2.36. The van der Waals surface area contributed by atoms with Gasteiger partial charge in [0.15, 0.2) is 5.82 Å². The summed E-state index contributed by atoms with van der Waals surface area (Å²) >= 11 is 1.000. The summed E-state index contributed by atoms with van der Waals surface area (Å²) in [6, 6.07) is 2.50. The number of hydrogen-bond donors (Lipinski definition) is 0. The number of unbranched alkanes of at least 4 members (excludes halogenated alkanes) is 1. The van der Waals surface area contributed by atoms with E-state index in [1.54, 1.807) is 13.0 Å². The van der Waals surface area contributed by atoms with Crippen molar-refractivity contribution in [3.63, 3.8) is 0 Å². The van der Waals surface area contributed by atoms with Crippen molar-refractivity contribution in [2.75, 3.05) is 0 Å². The van der Waals surface area contributed by atoms with Gasteiger partial charge in [-0.05, 0) is 26.3 Å². The van der Waals surface area contributed by atoms with Crippen LogP contribution in [0.15, 0.2) is 15.6 Å². The fourth-order valence-corrected chi connectivity index (χ4v) is 3.15. The third-order valence-corrected chi connectivity index (χ3v) is 4.48. The first-order chi connectivity index (χ1) is 11.8. The van der Waals surface area contributed by atoms with Crippen molar-refractivity contribution in [1.82, 2.24) is 15.1 Å². The van der Waals surface area contributed by atoms with Gasteiger partial charge in [-0.1, -0.05) is 30.3 Å². The highest BCUT2D eigenvalue weighted by molar-refractivity contribution is 7.99. The van der Waals surface area contributed by atoms with E-state index < -0.39 is 22.6 Å². The van der Waals surface area contributed by atoms with Crippen LogP contribution in [0.4, 0.5) is 13.2 Å². The van der Waals surface area contributed by atoms with Gasteiger partial charge in [0.2, 0.25) is 5.89 Å². The number of nitrogens with zero attached hydrogens (tertiary/aromatic N) is 4. The van der Waals surface area contributed by atoms with Gasteiger partial charge in [-0.15, -0.1) is 0 Å². The van der Waals surface area contributed by atoms with Crippen molar-refractivity contribution in [2.45, 2.75) is 56.5 Å². The monoisotopic (exact) mass is 370 g/mol. The van der Waals surface area contributed by atoms with Crippen LogP contribution in [-0.4, -0.2) is 15.1 Å². The maximum Gasteiger partial charge on any atom is 0.417 e. The predicted octanol–water partition coefficient (Wildman–Crippen LogP) is 4.86. The quantitative estimate of drug-likeness (QED) is 0.676. The minimum atomic E-state index is -4.62. The normalized spacial score (nSPS) is 12.8. The molecule has 1 atom stereocenters. The second kappa shape index (κ2) is 7.87. The van der Waals surface area contributed by atoms with Crippen LogP contribution in [0.1, 0.15) is 60.5 Å². The molecule has 2 aromatic heterocycles. The lowest BCUT2D eigenvalue weighted by atomic mass is 10.1. The molecule has 0 aliphatic heterocycles. The largest absolute Gasteiger partial charge is 0.417 e. The first-order valence-corrected chi connectivity index (χ1v) is 8.62. The van der Waals surface area contributed by atoms with Crippen molar-refractivity contribution in [2.24, 2.45) is 0 Å². The Labute approximate surface area is 147 Å². The van der Waals surface area contributed by atoms with Crippen LogP contribution in [-0.2, 0) is 12.6 Å². The molecule has 0 spiro atoms. The average molecular weight is 370 g/mol. The first-order valence-electron chi connectivity index (χ1n) is 7.74. The van der Waals surface area contributed by atoms with Gasteiger partial charge < -0.3 is 4.52 Å². The third kappa shape index (κ3) is 4.72. The maximum atomic E-state index is 13.1. The van der Waals surface area contributed by atoms with Crippen LogP contribution < -0.4 is 0 Å². The Morgan fingerprint density at radius 1 is 1.36 bits per heavy atom. The molecule has 5 nitrogen and oxygen atoms in total. The zero-order valence-electron chi connectivity index (χ0n) is 14.0. The van der Waals surface area contributed by atoms with Crippen LogP contribution in [0.25, 0.3) is 0 Å². The van der Waals surface area contributed by atoms with E-state index in [1.165, 1.54) is 6.92 Å². The smallest absolute Gasteiger partial charge is 0.338 e. The van der Waals surface area contributed by atoms with E-state index in [9.17, 15) is 18.4 Å². The maximum absolute atomic E-state index is 13.1. The summed E-state index contributed by atoms with van der Waals surface area (Å²) in [7, 11) is 0. The molecule has 25 heavy (non-hydrogen) atoms. The molecule has 0 aliphatic carbocycles. The molecule has 0 saturated heterocycles. The van der Waals surface area contributed by atoms with E-state index in [0.29, 0.717) is 18.1 Å². The van der Waals surface area contributed by atoms with Gasteiger partial charge >= 0.3 is 6.18 Å². The molecule has 0 N–H and O–H groups in total. The number of thioether (sulfide) groups is 1. The fourth-order valence-electron chi connectivity index (χ4n) is 2.15. The number of hydrogen-bond acceptors (Lipinski definition) is 6. The second-order valence-corrected chi connectivity index (χ2v) is 6.84. The molecular formula is C16H17F3N4OS. The Bertz CT molecular complexity index is 783. The lowest BCUT2D eigenvalue weighted by molar-refractivity contribution is -0.138. The van der Waals surface area contributed by atoms with E-state index in [4.69, 9.17) is 4.52 Å². The minimum Gasteiger partial charge on any atom is -0.338 e. The van der Waals surface area contributed by atoms with Crippen LogP contribution in [0.3, 0.4) is 0 Å². The average Bonchev–Trinajstić information content (AvgIpc) is 3.00. The van der Waals surface area contributed by atoms with Gasteiger partial charge in [0.25, 0.3) is 0 Å². The summed E-state index contributed by atoms with van der Waals surface area (Å²) < 4.78 is 44.6. The van der Waals surface area contributed by atoms with Crippen LogP contribution in [0.5, 0.6) is 0 Å². The summed E-state index contributed by atoms with van der Waals surface area (Å²) in [5.41, 5.74) is -1.28. The number of halogens is 3. The number of alkyl halides is 3. The molecule has 134 valence electrons. The van der Waals surface area contributed by atoms with Gasteiger partial charge in [-0.3, -0.25) is 0 Å². The SMILES string of the molecule is CCCCc1noc(C(C)Sc2nc(C)cc(C(F)(F)F)c2C#N)n1. The Kier molecular flexibility index (Phi) is 6.06. The summed E-state index contributed by atoms with van der Waals surface area (Å²) in [5.74, 6) is 0.870. The highest BCUT2D eigenvalue weighted by Crippen LogP contribution is 2.40.